The lowest BCUT2D eigenvalue weighted by molar-refractivity contribution is -0.111. The number of amides is 1. The summed E-state index contributed by atoms with van der Waals surface area (Å²) in [5.74, 6) is -0.903. The topological polar surface area (TPSA) is 95.8 Å². The van der Waals surface area contributed by atoms with E-state index in [1.54, 1.807) is 56.5 Å². The largest absolute Gasteiger partial charge is 0.478 e. The van der Waals surface area contributed by atoms with Gasteiger partial charge < -0.3 is 15.2 Å². The van der Waals surface area contributed by atoms with Gasteiger partial charge in [0.05, 0.1) is 11.6 Å². The van der Waals surface area contributed by atoms with Crippen LogP contribution in [0.1, 0.15) is 51.7 Å². The maximum atomic E-state index is 12.5. The minimum atomic E-state index is -1.00. The van der Waals surface area contributed by atoms with Crippen molar-refractivity contribution >= 4 is 37.0 Å². The fraction of sp³-hybridized carbons (Fsp3) is 0.238. The fourth-order valence-corrected chi connectivity index (χ4v) is 2.63. The lowest BCUT2D eigenvalue weighted by Crippen LogP contribution is -2.29. The number of aliphatic imine (C=N–C) groups is 1. The predicted molar refractivity (Wildman–Crippen MR) is 112 cm³/mol. The van der Waals surface area contributed by atoms with Crippen molar-refractivity contribution in [3.63, 3.8) is 0 Å². The molecular formula is C21H22N2O4S. The summed E-state index contributed by atoms with van der Waals surface area (Å²) < 4.78 is 0. The van der Waals surface area contributed by atoms with Crippen LogP contribution >= 0.6 is 12.6 Å². The molecule has 1 amide bonds. The number of carboxylic acids is 1. The molecule has 2 aromatic rings. The van der Waals surface area contributed by atoms with E-state index in [0.29, 0.717) is 11.3 Å². The number of carboxylic acid groups (broad SMARTS) is 1. The van der Waals surface area contributed by atoms with Crippen LogP contribution in [0.2, 0.25) is 0 Å². The Bertz CT molecular complexity index is 874. The number of benzene rings is 2. The molecule has 0 aliphatic rings. The molecular weight excluding hydrogens is 376 g/mol. The smallest absolute Gasteiger partial charge is 0.335 e. The van der Waals surface area contributed by atoms with Crippen LogP contribution in [0, 0.1) is 0 Å². The van der Waals surface area contributed by atoms with Crippen LogP contribution in [0.3, 0.4) is 0 Å². The summed E-state index contributed by atoms with van der Waals surface area (Å²) in [6, 6.07) is 12.8. The number of nitrogens with one attached hydrogen (secondary N) is 1. The molecule has 0 heterocycles. The van der Waals surface area contributed by atoms with Gasteiger partial charge in [0, 0.05) is 17.5 Å². The van der Waals surface area contributed by atoms with Crippen molar-refractivity contribution in [3.05, 3.63) is 70.8 Å². The molecule has 7 heteroatoms. The highest BCUT2D eigenvalue weighted by molar-refractivity contribution is 7.80. The molecule has 0 aliphatic heterocycles. The minimum Gasteiger partial charge on any atom is -0.478 e. The van der Waals surface area contributed by atoms with E-state index in [4.69, 9.17) is 5.11 Å². The van der Waals surface area contributed by atoms with E-state index in [1.165, 1.54) is 12.1 Å². The summed E-state index contributed by atoms with van der Waals surface area (Å²) >= 11 is 4.28. The Hall–Kier alpha value is -2.93. The maximum Gasteiger partial charge on any atom is 0.335 e. The number of thiol groups is 1. The maximum absolute atomic E-state index is 12.5. The van der Waals surface area contributed by atoms with Gasteiger partial charge in [-0.2, -0.15) is 12.6 Å². The Morgan fingerprint density at radius 3 is 2.18 bits per heavy atom. The normalized spacial score (nSPS) is 12.5. The van der Waals surface area contributed by atoms with Gasteiger partial charge in [-0.3, -0.25) is 9.79 Å². The molecule has 146 valence electrons. The molecule has 2 rings (SSSR count). The van der Waals surface area contributed by atoms with Gasteiger partial charge in [-0.05, 0) is 49.2 Å². The summed E-state index contributed by atoms with van der Waals surface area (Å²) in [6.07, 6.45) is 2.36. The summed E-state index contributed by atoms with van der Waals surface area (Å²) in [6.45, 7) is 3.41. The molecule has 1 unspecified atom stereocenters. The molecule has 0 fully saturated rings. The van der Waals surface area contributed by atoms with E-state index >= 15 is 0 Å². The van der Waals surface area contributed by atoms with Crippen molar-refractivity contribution in [1.29, 1.82) is 0 Å². The predicted octanol–water partition coefficient (Wildman–Crippen LogP) is 3.18. The van der Waals surface area contributed by atoms with Gasteiger partial charge in [-0.1, -0.05) is 24.3 Å². The second-order valence-electron chi connectivity index (χ2n) is 6.79. The van der Waals surface area contributed by atoms with Crippen molar-refractivity contribution in [1.82, 2.24) is 5.32 Å². The zero-order chi connectivity index (χ0) is 20.7. The van der Waals surface area contributed by atoms with Gasteiger partial charge in [0.2, 0.25) is 0 Å². The number of rotatable bonds is 8. The minimum absolute atomic E-state index is 0.183. The Labute approximate surface area is 169 Å². The number of aldehydes is 1. The molecule has 28 heavy (non-hydrogen) atoms. The molecule has 0 aliphatic carbocycles. The summed E-state index contributed by atoms with van der Waals surface area (Å²) in [5.41, 5.74) is 1.42. The third-order valence-electron chi connectivity index (χ3n) is 4.06. The third-order valence-corrected chi connectivity index (χ3v) is 4.42. The Balaban J connectivity index is 2.08. The summed E-state index contributed by atoms with van der Waals surface area (Å²) in [4.78, 5) is 38.6. The van der Waals surface area contributed by atoms with Gasteiger partial charge in [-0.25, -0.2) is 4.79 Å². The van der Waals surface area contributed by atoms with E-state index in [9.17, 15) is 14.4 Å². The van der Waals surface area contributed by atoms with Crippen LogP contribution in [-0.2, 0) is 4.79 Å². The van der Waals surface area contributed by atoms with E-state index in [0.717, 1.165) is 17.4 Å². The monoisotopic (exact) mass is 398 g/mol. The van der Waals surface area contributed by atoms with Gasteiger partial charge in [0.15, 0.2) is 0 Å². The highest BCUT2D eigenvalue weighted by Gasteiger charge is 2.16. The summed E-state index contributed by atoms with van der Waals surface area (Å²) in [7, 11) is 0. The van der Waals surface area contributed by atoms with Crippen molar-refractivity contribution in [2.75, 3.05) is 5.75 Å². The number of hydrogen-bond acceptors (Lipinski definition) is 5. The average Bonchev–Trinajstić information content (AvgIpc) is 2.71. The molecule has 0 spiro atoms. The van der Waals surface area contributed by atoms with Crippen molar-refractivity contribution in [2.24, 2.45) is 4.99 Å². The van der Waals surface area contributed by atoms with E-state index < -0.39 is 11.5 Å². The van der Waals surface area contributed by atoms with Crippen LogP contribution in [0.15, 0.2) is 53.5 Å². The number of nitrogens with zero attached hydrogens (tertiary/aromatic N) is 1. The molecule has 0 saturated heterocycles. The zero-order valence-electron chi connectivity index (χ0n) is 15.6. The second kappa shape index (κ2) is 9.32. The lowest BCUT2D eigenvalue weighted by atomic mass is 10.0. The molecule has 6 nitrogen and oxygen atoms in total. The standard InChI is InChI=1S/C21H22N2O4S/c1-21(2,13-24)22-11-14-3-5-16(6-4-14)19(25)23-18(12-28)15-7-9-17(10-8-15)20(26)27/h3-11,13,18,28H,12H2,1-2H3,(H,23,25)(H,26,27)/b22-11+. The second-order valence-corrected chi connectivity index (χ2v) is 7.15. The van der Waals surface area contributed by atoms with E-state index in [1.807, 2.05) is 0 Å². The third kappa shape index (κ3) is 5.79. The number of aromatic carboxylic acids is 1. The molecule has 1 atom stereocenters. The number of carbonyl (C=O) groups is 3. The van der Waals surface area contributed by atoms with E-state index in [2.05, 4.69) is 22.9 Å². The van der Waals surface area contributed by atoms with Crippen LogP contribution in [0.5, 0.6) is 0 Å². The Morgan fingerprint density at radius 2 is 1.68 bits per heavy atom. The molecule has 0 bridgehead atoms. The Kier molecular flexibility index (Phi) is 7.12. The van der Waals surface area contributed by atoms with Crippen molar-refractivity contribution in [3.8, 4) is 0 Å². The molecule has 2 N–H and O–H groups in total. The molecule has 0 radical (unpaired) electrons. The first-order chi connectivity index (χ1) is 13.3. The van der Waals surface area contributed by atoms with E-state index in [-0.39, 0.29) is 17.5 Å². The van der Waals surface area contributed by atoms with Gasteiger partial charge in [-0.15, -0.1) is 0 Å². The first-order valence-corrected chi connectivity index (χ1v) is 9.25. The number of carbonyl (C=O) groups excluding carboxylic acids is 2. The summed E-state index contributed by atoms with van der Waals surface area (Å²) in [5, 5.41) is 11.9. The zero-order valence-corrected chi connectivity index (χ0v) is 16.5. The average molecular weight is 398 g/mol. The molecule has 2 aromatic carbocycles. The van der Waals surface area contributed by atoms with Crippen molar-refractivity contribution < 1.29 is 19.5 Å². The van der Waals surface area contributed by atoms with Crippen LogP contribution < -0.4 is 5.32 Å². The molecule has 0 saturated carbocycles. The van der Waals surface area contributed by atoms with Crippen LogP contribution in [0.4, 0.5) is 0 Å². The van der Waals surface area contributed by atoms with Gasteiger partial charge in [0.1, 0.15) is 11.8 Å². The quantitative estimate of drug-likeness (QED) is 0.361. The highest BCUT2D eigenvalue weighted by atomic mass is 32.1. The van der Waals surface area contributed by atoms with Gasteiger partial charge >= 0.3 is 5.97 Å². The van der Waals surface area contributed by atoms with Crippen LogP contribution in [0.25, 0.3) is 0 Å². The molecule has 0 aromatic heterocycles. The fourth-order valence-electron chi connectivity index (χ4n) is 2.33. The van der Waals surface area contributed by atoms with Crippen LogP contribution in [-0.4, -0.2) is 40.8 Å². The highest BCUT2D eigenvalue weighted by Crippen LogP contribution is 2.17. The lowest BCUT2D eigenvalue weighted by Gasteiger charge is -2.17. The first kappa shape index (κ1) is 21.4. The Morgan fingerprint density at radius 1 is 1.11 bits per heavy atom. The number of hydrogen-bond donors (Lipinski definition) is 3. The van der Waals surface area contributed by atoms with Gasteiger partial charge in [0.25, 0.3) is 5.91 Å². The SMILES string of the molecule is CC(C)(C=O)/N=C/c1ccc(C(=O)NC(CS)c2ccc(C(=O)O)cc2)cc1. The first-order valence-electron chi connectivity index (χ1n) is 8.62. The van der Waals surface area contributed by atoms with Crippen molar-refractivity contribution in [2.45, 2.75) is 25.4 Å².